The first kappa shape index (κ1) is 22.1. The maximum atomic E-state index is 12.0. The van der Waals surface area contributed by atoms with Gasteiger partial charge in [0.15, 0.2) is 9.84 Å². The fourth-order valence-electron chi connectivity index (χ4n) is 4.48. The molecule has 0 radical (unpaired) electrons. The summed E-state index contributed by atoms with van der Waals surface area (Å²) in [6.07, 6.45) is 4.44. The van der Waals surface area contributed by atoms with Gasteiger partial charge in [-0.05, 0) is 54.3 Å². The molecule has 0 spiro atoms. The number of benzene rings is 2. The van der Waals surface area contributed by atoms with Crippen molar-refractivity contribution in [3.05, 3.63) is 53.9 Å². The van der Waals surface area contributed by atoms with E-state index < -0.39 is 9.84 Å². The minimum Gasteiger partial charge on any atom is -0.492 e. The van der Waals surface area contributed by atoms with E-state index in [4.69, 9.17) is 9.47 Å². The molecule has 5 rings (SSSR count). The number of aromatic nitrogens is 2. The molecule has 1 aromatic heterocycles. The summed E-state index contributed by atoms with van der Waals surface area (Å²) in [7, 11) is -3.31. The van der Waals surface area contributed by atoms with E-state index in [0.717, 1.165) is 51.4 Å². The molecular formula is C24H28N4O4S. The Morgan fingerprint density at radius 1 is 1.09 bits per heavy atom. The van der Waals surface area contributed by atoms with Crippen LogP contribution in [0.2, 0.25) is 0 Å². The molecule has 1 N–H and O–H groups in total. The maximum absolute atomic E-state index is 12.0. The summed E-state index contributed by atoms with van der Waals surface area (Å²) in [5, 5.41) is 4.22. The second-order valence-corrected chi connectivity index (χ2v) is 10.7. The lowest BCUT2D eigenvalue weighted by Gasteiger charge is -2.26. The van der Waals surface area contributed by atoms with E-state index in [1.165, 1.54) is 23.7 Å². The summed E-state index contributed by atoms with van der Waals surface area (Å²) in [4.78, 5) is 11.3. The van der Waals surface area contributed by atoms with E-state index in [2.05, 4.69) is 32.3 Å². The quantitative estimate of drug-likeness (QED) is 0.565. The third-order valence-corrected chi connectivity index (χ3v) is 7.38. The molecule has 2 aliphatic rings. The number of hydrogen-bond acceptors (Lipinski definition) is 8. The Bertz CT molecular complexity index is 1260. The molecule has 0 amide bonds. The highest BCUT2D eigenvalue weighted by Gasteiger charge is 2.23. The standard InChI is InChI=1S/C24H28N4O4S/c1-33(29,30)21-4-5-23-22(15-21)24(26-16-25-23)27-19-12-17-2-3-20(14-18(17)13-19)32-11-8-28-6-9-31-10-7-28/h2-5,14-16,19H,6-13H2,1H3,(H,25,26,27). The van der Waals surface area contributed by atoms with Gasteiger partial charge in [-0.2, -0.15) is 0 Å². The highest BCUT2D eigenvalue weighted by Crippen LogP contribution is 2.30. The van der Waals surface area contributed by atoms with Gasteiger partial charge in [0.1, 0.15) is 24.5 Å². The first-order chi connectivity index (χ1) is 16.0. The fourth-order valence-corrected chi connectivity index (χ4v) is 5.13. The molecule has 1 fully saturated rings. The molecule has 2 aromatic carbocycles. The number of nitrogens with one attached hydrogen (secondary N) is 1. The molecule has 1 atom stereocenters. The number of hydrogen-bond donors (Lipinski definition) is 1. The lowest BCUT2D eigenvalue weighted by atomic mass is 10.1. The Labute approximate surface area is 193 Å². The van der Waals surface area contributed by atoms with Crippen molar-refractivity contribution in [3.8, 4) is 5.75 Å². The van der Waals surface area contributed by atoms with E-state index >= 15 is 0 Å². The third-order valence-electron chi connectivity index (χ3n) is 6.27. The number of fused-ring (bicyclic) bond motifs is 2. The number of sulfone groups is 1. The molecule has 0 bridgehead atoms. The zero-order valence-electron chi connectivity index (χ0n) is 18.7. The molecule has 1 aliphatic carbocycles. The van der Waals surface area contributed by atoms with Crippen LogP contribution < -0.4 is 10.1 Å². The van der Waals surface area contributed by atoms with Crippen LogP contribution in [0.25, 0.3) is 10.9 Å². The van der Waals surface area contributed by atoms with Gasteiger partial charge in [-0.3, -0.25) is 4.90 Å². The lowest BCUT2D eigenvalue weighted by Crippen LogP contribution is -2.38. The van der Waals surface area contributed by atoms with Gasteiger partial charge in [-0.15, -0.1) is 0 Å². The van der Waals surface area contributed by atoms with Gasteiger partial charge in [0.05, 0.1) is 23.6 Å². The molecule has 1 aliphatic heterocycles. The van der Waals surface area contributed by atoms with Gasteiger partial charge in [-0.25, -0.2) is 18.4 Å². The molecule has 8 nitrogen and oxygen atoms in total. The van der Waals surface area contributed by atoms with Crippen molar-refractivity contribution in [1.82, 2.24) is 14.9 Å². The van der Waals surface area contributed by atoms with E-state index in [0.29, 0.717) is 23.3 Å². The number of ether oxygens (including phenoxy) is 2. The predicted octanol–water partition coefficient (Wildman–Crippen LogP) is 2.32. The Kier molecular flexibility index (Phi) is 6.18. The van der Waals surface area contributed by atoms with Crippen LogP contribution in [0.5, 0.6) is 5.75 Å². The molecule has 174 valence electrons. The molecule has 1 unspecified atom stereocenters. The van der Waals surface area contributed by atoms with Gasteiger partial charge >= 0.3 is 0 Å². The van der Waals surface area contributed by atoms with Gasteiger partial charge in [-0.1, -0.05) is 6.07 Å². The van der Waals surface area contributed by atoms with Crippen molar-refractivity contribution in [2.24, 2.45) is 0 Å². The van der Waals surface area contributed by atoms with Crippen LogP contribution in [-0.2, 0) is 27.4 Å². The molecule has 3 aromatic rings. The van der Waals surface area contributed by atoms with Crippen molar-refractivity contribution in [1.29, 1.82) is 0 Å². The first-order valence-corrected chi connectivity index (χ1v) is 13.1. The van der Waals surface area contributed by atoms with Gasteiger partial charge < -0.3 is 14.8 Å². The van der Waals surface area contributed by atoms with Crippen molar-refractivity contribution in [2.75, 3.05) is 51.0 Å². The largest absolute Gasteiger partial charge is 0.492 e. The number of rotatable bonds is 7. The van der Waals surface area contributed by atoms with Gasteiger partial charge in [0.25, 0.3) is 0 Å². The summed E-state index contributed by atoms with van der Waals surface area (Å²) < 4.78 is 35.4. The average Bonchev–Trinajstić information content (AvgIpc) is 3.21. The van der Waals surface area contributed by atoms with Crippen LogP contribution in [0.4, 0.5) is 5.82 Å². The minimum atomic E-state index is -3.31. The first-order valence-electron chi connectivity index (χ1n) is 11.2. The molecule has 1 saturated heterocycles. The minimum absolute atomic E-state index is 0.170. The zero-order valence-corrected chi connectivity index (χ0v) is 19.5. The van der Waals surface area contributed by atoms with Gasteiger partial charge in [0.2, 0.25) is 0 Å². The topological polar surface area (TPSA) is 93.7 Å². The normalized spacial score (nSPS) is 18.9. The Morgan fingerprint density at radius 2 is 1.91 bits per heavy atom. The molecule has 2 heterocycles. The predicted molar refractivity (Wildman–Crippen MR) is 127 cm³/mol. The van der Waals surface area contributed by atoms with Crippen molar-refractivity contribution < 1.29 is 17.9 Å². The van der Waals surface area contributed by atoms with Crippen molar-refractivity contribution in [2.45, 2.75) is 23.8 Å². The molecule has 33 heavy (non-hydrogen) atoms. The van der Waals surface area contributed by atoms with Crippen LogP contribution in [-0.4, -0.2) is 75.0 Å². The molecule has 9 heteroatoms. The number of nitrogens with zero attached hydrogens (tertiary/aromatic N) is 3. The summed E-state index contributed by atoms with van der Waals surface area (Å²) in [6.45, 7) is 5.08. The van der Waals surface area contributed by atoms with Crippen LogP contribution in [0.1, 0.15) is 11.1 Å². The number of anilines is 1. The van der Waals surface area contributed by atoms with E-state index in [1.54, 1.807) is 18.2 Å². The Balaban J connectivity index is 1.25. The lowest BCUT2D eigenvalue weighted by molar-refractivity contribution is 0.0322. The van der Waals surface area contributed by atoms with Crippen molar-refractivity contribution in [3.63, 3.8) is 0 Å². The van der Waals surface area contributed by atoms with Crippen LogP contribution >= 0.6 is 0 Å². The SMILES string of the molecule is CS(=O)(=O)c1ccc2ncnc(NC3Cc4ccc(OCCN5CCOCC5)cc4C3)c2c1. The van der Waals surface area contributed by atoms with Crippen LogP contribution in [0.3, 0.4) is 0 Å². The summed E-state index contributed by atoms with van der Waals surface area (Å²) in [5.41, 5.74) is 3.28. The highest BCUT2D eigenvalue weighted by molar-refractivity contribution is 7.90. The molecule has 0 saturated carbocycles. The van der Waals surface area contributed by atoms with E-state index in [9.17, 15) is 8.42 Å². The number of morpholine rings is 1. The van der Waals surface area contributed by atoms with Crippen molar-refractivity contribution >= 4 is 26.6 Å². The second-order valence-electron chi connectivity index (χ2n) is 8.66. The third kappa shape index (κ3) is 5.10. The summed E-state index contributed by atoms with van der Waals surface area (Å²) in [6, 6.07) is 11.4. The second kappa shape index (κ2) is 9.24. The van der Waals surface area contributed by atoms with E-state index in [1.807, 2.05) is 6.07 Å². The zero-order chi connectivity index (χ0) is 22.8. The monoisotopic (exact) mass is 468 g/mol. The smallest absolute Gasteiger partial charge is 0.175 e. The fraction of sp³-hybridized carbons (Fsp3) is 0.417. The van der Waals surface area contributed by atoms with Crippen LogP contribution in [0.15, 0.2) is 47.6 Å². The Hall–Kier alpha value is -2.75. The Morgan fingerprint density at radius 3 is 2.73 bits per heavy atom. The van der Waals surface area contributed by atoms with Gasteiger partial charge in [0, 0.05) is 37.3 Å². The van der Waals surface area contributed by atoms with E-state index in [-0.39, 0.29) is 10.9 Å². The summed E-state index contributed by atoms with van der Waals surface area (Å²) >= 11 is 0. The molecular weight excluding hydrogens is 440 g/mol. The maximum Gasteiger partial charge on any atom is 0.175 e. The summed E-state index contributed by atoms with van der Waals surface area (Å²) in [5.74, 6) is 1.55. The average molecular weight is 469 g/mol. The highest BCUT2D eigenvalue weighted by atomic mass is 32.2. The van der Waals surface area contributed by atoms with Crippen LogP contribution in [0, 0.1) is 0 Å².